The van der Waals surface area contributed by atoms with Gasteiger partial charge in [0.05, 0.1) is 18.9 Å². The number of nitrogens with one attached hydrogen (secondary N) is 3. The van der Waals surface area contributed by atoms with Crippen LogP contribution in [0.3, 0.4) is 0 Å². The maximum Gasteiger partial charge on any atom is 0.326 e. The number of thioether (sulfide) groups is 1. The van der Waals surface area contributed by atoms with E-state index in [1.54, 1.807) is 36.6 Å². The van der Waals surface area contributed by atoms with Gasteiger partial charge < -0.3 is 38.3 Å². The molecule has 0 saturated carbocycles. The highest BCUT2D eigenvalue weighted by molar-refractivity contribution is 7.98. The van der Waals surface area contributed by atoms with E-state index < -0.39 is 72.5 Å². The molecule has 0 aromatic heterocycles. The van der Waals surface area contributed by atoms with Crippen molar-refractivity contribution in [2.24, 2.45) is 17.2 Å². The Labute approximate surface area is 212 Å². The van der Waals surface area contributed by atoms with Crippen LogP contribution in [-0.2, 0) is 35.2 Å². The van der Waals surface area contributed by atoms with E-state index in [9.17, 15) is 33.9 Å². The normalized spacial score (nSPS) is 13.9. The van der Waals surface area contributed by atoms with Gasteiger partial charge >= 0.3 is 5.97 Å². The number of hydrogen-bond donors (Lipinski definition) is 7. The molecule has 4 atom stereocenters. The molecule has 1 rings (SSSR count). The molecule has 0 radical (unpaired) electrons. The molecular weight excluding hydrogens is 492 g/mol. The molecule has 198 valence electrons. The van der Waals surface area contributed by atoms with Crippen LogP contribution in [0.15, 0.2) is 30.3 Å². The molecule has 5 amide bonds. The molecule has 0 aliphatic rings. The average molecular weight is 525 g/mol. The number of carbonyl (C=O) groups is 6. The van der Waals surface area contributed by atoms with E-state index in [0.717, 1.165) is 0 Å². The summed E-state index contributed by atoms with van der Waals surface area (Å²) in [6.07, 6.45) is 0.831. The van der Waals surface area contributed by atoms with Gasteiger partial charge in [0.2, 0.25) is 29.5 Å². The summed E-state index contributed by atoms with van der Waals surface area (Å²) in [4.78, 5) is 72.3. The minimum atomic E-state index is -1.49. The molecule has 13 nitrogen and oxygen atoms in total. The zero-order chi connectivity index (χ0) is 27.3. The van der Waals surface area contributed by atoms with Gasteiger partial charge in [-0.25, -0.2) is 4.79 Å². The first-order chi connectivity index (χ1) is 16.9. The maximum absolute atomic E-state index is 12.9. The average Bonchev–Trinajstić information content (AvgIpc) is 2.80. The topological polar surface area (TPSA) is 237 Å². The zero-order valence-corrected chi connectivity index (χ0v) is 20.6. The SMILES string of the molecule is CSCCC(NC(=O)C(CC(N)=O)NC(=O)C(N)CC(N)=O)C(=O)NC(Cc1ccccc1)C(=O)O. The van der Waals surface area contributed by atoms with Crippen LogP contribution in [0.1, 0.15) is 24.8 Å². The molecule has 0 aliphatic heterocycles. The van der Waals surface area contributed by atoms with Gasteiger partial charge in [0, 0.05) is 6.42 Å². The first-order valence-corrected chi connectivity index (χ1v) is 12.3. The third kappa shape index (κ3) is 11.2. The molecule has 14 heteroatoms. The van der Waals surface area contributed by atoms with Crippen molar-refractivity contribution in [3.8, 4) is 0 Å². The molecule has 10 N–H and O–H groups in total. The number of carboxylic acids is 1. The van der Waals surface area contributed by atoms with E-state index in [-0.39, 0.29) is 12.8 Å². The Morgan fingerprint density at radius 2 is 1.36 bits per heavy atom. The molecule has 0 fully saturated rings. The summed E-state index contributed by atoms with van der Waals surface area (Å²) in [5.74, 6) is -5.17. The van der Waals surface area contributed by atoms with Gasteiger partial charge in [-0.15, -0.1) is 0 Å². The van der Waals surface area contributed by atoms with Crippen LogP contribution in [0.25, 0.3) is 0 Å². The molecule has 1 aromatic rings. The van der Waals surface area contributed by atoms with Gasteiger partial charge in [-0.2, -0.15) is 11.8 Å². The van der Waals surface area contributed by atoms with Crippen LogP contribution >= 0.6 is 11.8 Å². The quantitative estimate of drug-likeness (QED) is 0.122. The Hall–Kier alpha value is -3.65. The number of carboxylic acid groups (broad SMARTS) is 1. The lowest BCUT2D eigenvalue weighted by Crippen LogP contribution is -2.58. The molecule has 1 aromatic carbocycles. The standard InChI is InChI=1S/C22H32N6O7S/c1-36-8-7-14(20(32)28-16(22(34)35)9-12-5-3-2-4-6-12)26-21(33)15(11-18(25)30)27-19(31)13(23)10-17(24)29/h2-6,13-16H,7-11,23H2,1H3,(H2,24,29)(H2,25,30)(H,26,33)(H,27,31)(H,28,32)(H,34,35). The summed E-state index contributed by atoms with van der Waals surface area (Å²) in [7, 11) is 0. The highest BCUT2D eigenvalue weighted by atomic mass is 32.2. The maximum atomic E-state index is 12.9. The van der Waals surface area contributed by atoms with Gasteiger partial charge in [0.1, 0.15) is 18.1 Å². The van der Waals surface area contributed by atoms with Crippen LogP contribution in [0.4, 0.5) is 0 Å². The van der Waals surface area contributed by atoms with Crippen LogP contribution in [-0.4, -0.2) is 76.8 Å². The monoisotopic (exact) mass is 524 g/mol. The number of rotatable bonds is 16. The number of benzene rings is 1. The Morgan fingerprint density at radius 3 is 1.89 bits per heavy atom. The van der Waals surface area contributed by atoms with Gasteiger partial charge in [-0.05, 0) is 24.0 Å². The van der Waals surface area contributed by atoms with Crippen molar-refractivity contribution < 1.29 is 33.9 Å². The minimum Gasteiger partial charge on any atom is -0.480 e. The molecule has 0 aliphatic carbocycles. The van der Waals surface area contributed by atoms with Gasteiger partial charge in [0.25, 0.3) is 0 Å². The van der Waals surface area contributed by atoms with Crippen LogP contribution < -0.4 is 33.2 Å². The Morgan fingerprint density at radius 1 is 0.833 bits per heavy atom. The fraction of sp³-hybridized carbons (Fsp3) is 0.455. The van der Waals surface area contributed by atoms with Gasteiger partial charge in [0.15, 0.2) is 0 Å². The van der Waals surface area contributed by atoms with Crippen molar-refractivity contribution in [1.29, 1.82) is 0 Å². The van der Waals surface area contributed by atoms with Crippen molar-refractivity contribution >= 4 is 47.3 Å². The van der Waals surface area contributed by atoms with Crippen molar-refractivity contribution in [3.63, 3.8) is 0 Å². The number of nitrogens with two attached hydrogens (primary N) is 3. The number of amides is 5. The van der Waals surface area contributed by atoms with E-state index in [1.807, 2.05) is 0 Å². The lowest BCUT2D eigenvalue weighted by atomic mass is 10.0. The first kappa shape index (κ1) is 30.4. The van der Waals surface area contributed by atoms with Crippen molar-refractivity contribution in [1.82, 2.24) is 16.0 Å². The molecule has 0 bridgehead atoms. The van der Waals surface area contributed by atoms with Crippen molar-refractivity contribution in [3.05, 3.63) is 35.9 Å². The molecule has 4 unspecified atom stereocenters. The minimum absolute atomic E-state index is 0.0171. The van der Waals surface area contributed by atoms with E-state index in [0.29, 0.717) is 11.3 Å². The third-order valence-corrected chi connectivity index (χ3v) is 5.58. The van der Waals surface area contributed by atoms with Crippen LogP contribution in [0.2, 0.25) is 0 Å². The summed E-state index contributed by atoms with van der Waals surface area (Å²) in [6, 6.07) is 3.39. The summed E-state index contributed by atoms with van der Waals surface area (Å²) in [6.45, 7) is 0. The lowest BCUT2D eigenvalue weighted by Gasteiger charge is -2.24. The second-order valence-corrected chi connectivity index (χ2v) is 8.93. The summed E-state index contributed by atoms with van der Waals surface area (Å²) < 4.78 is 0. The zero-order valence-electron chi connectivity index (χ0n) is 19.8. The number of hydrogen-bond acceptors (Lipinski definition) is 8. The molecule has 0 saturated heterocycles. The summed E-state index contributed by atoms with van der Waals surface area (Å²) in [5, 5.41) is 16.7. The summed E-state index contributed by atoms with van der Waals surface area (Å²) >= 11 is 1.39. The number of carbonyl (C=O) groups excluding carboxylic acids is 5. The van der Waals surface area contributed by atoms with E-state index >= 15 is 0 Å². The molecule has 36 heavy (non-hydrogen) atoms. The molecule has 0 spiro atoms. The Bertz CT molecular complexity index is 946. The van der Waals surface area contributed by atoms with Crippen LogP contribution in [0, 0.1) is 0 Å². The van der Waals surface area contributed by atoms with E-state index in [1.165, 1.54) is 11.8 Å². The lowest BCUT2D eigenvalue weighted by molar-refractivity contribution is -0.142. The third-order valence-electron chi connectivity index (χ3n) is 4.94. The van der Waals surface area contributed by atoms with Crippen molar-refractivity contribution in [2.45, 2.75) is 49.9 Å². The Balaban J connectivity index is 2.99. The predicted molar refractivity (Wildman–Crippen MR) is 132 cm³/mol. The van der Waals surface area contributed by atoms with Gasteiger partial charge in [-0.3, -0.25) is 24.0 Å². The smallest absolute Gasteiger partial charge is 0.326 e. The number of primary amides is 2. The molecule has 0 heterocycles. The van der Waals surface area contributed by atoms with E-state index in [2.05, 4.69) is 16.0 Å². The molecular formula is C22H32N6O7S. The fourth-order valence-electron chi connectivity index (χ4n) is 3.10. The largest absolute Gasteiger partial charge is 0.480 e. The van der Waals surface area contributed by atoms with Crippen molar-refractivity contribution in [2.75, 3.05) is 12.0 Å². The number of aliphatic carboxylic acids is 1. The highest BCUT2D eigenvalue weighted by Crippen LogP contribution is 2.07. The van der Waals surface area contributed by atoms with Gasteiger partial charge in [-0.1, -0.05) is 30.3 Å². The van der Waals surface area contributed by atoms with Crippen LogP contribution in [0.5, 0.6) is 0 Å². The Kier molecular flexibility index (Phi) is 13.0. The second kappa shape index (κ2) is 15.4. The predicted octanol–water partition coefficient (Wildman–Crippen LogP) is -2.40. The fourth-order valence-corrected chi connectivity index (χ4v) is 3.57. The highest BCUT2D eigenvalue weighted by Gasteiger charge is 2.31. The second-order valence-electron chi connectivity index (χ2n) is 7.94. The summed E-state index contributed by atoms with van der Waals surface area (Å²) in [5.41, 5.74) is 16.5. The first-order valence-electron chi connectivity index (χ1n) is 10.9. The van der Waals surface area contributed by atoms with E-state index in [4.69, 9.17) is 17.2 Å².